The predicted molar refractivity (Wildman–Crippen MR) is 122 cm³/mol. The van der Waals surface area contributed by atoms with Crippen molar-refractivity contribution in [3.05, 3.63) is 72.6 Å². The molecule has 9 nitrogen and oxygen atoms in total. The highest BCUT2D eigenvalue weighted by Gasteiger charge is 2.71. The molecule has 0 saturated carbocycles. The van der Waals surface area contributed by atoms with E-state index in [0.717, 1.165) is 16.0 Å². The molecule has 2 saturated heterocycles. The molecule has 32 heavy (non-hydrogen) atoms. The lowest BCUT2D eigenvalue weighted by atomic mass is 10.2. The van der Waals surface area contributed by atoms with Crippen molar-refractivity contribution in [3.8, 4) is 10.4 Å². The molecule has 0 radical (unpaired) electrons. The van der Waals surface area contributed by atoms with Crippen molar-refractivity contribution in [1.82, 2.24) is 20.1 Å². The van der Waals surface area contributed by atoms with Crippen molar-refractivity contribution in [2.24, 2.45) is 10.7 Å². The molecule has 0 amide bonds. The van der Waals surface area contributed by atoms with E-state index in [1.807, 2.05) is 42.5 Å². The fourth-order valence-electron chi connectivity index (χ4n) is 3.78. The summed E-state index contributed by atoms with van der Waals surface area (Å²) in [6, 6.07) is 16.1. The summed E-state index contributed by atoms with van der Waals surface area (Å²) >= 11 is 1.17. The second-order valence-electron chi connectivity index (χ2n) is 7.54. The van der Waals surface area contributed by atoms with E-state index in [9.17, 15) is 8.42 Å². The number of nitrogens with zero attached hydrogens (tertiary/aromatic N) is 3. The van der Waals surface area contributed by atoms with Crippen molar-refractivity contribution in [2.75, 3.05) is 13.6 Å². The number of nitrogens with one attached hydrogen (secondary N) is 2. The molecular formula is C21H22N6O3S2. The zero-order valence-corrected chi connectivity index (χ0v) is 18.8. The number of aliphatic imine (C=N–C) groups is 1. The Bertz CT molecular complexity index is 1250. The molecule has 3 aromatic rings. The Morgan fingerprint density at radius 3 is 2.75 bits per heavy atom. The highest BCUT2D eigenvalue weighted by Crippen LogP contribution is 2.45. The number of hydrogen-bond acceptors (Lipinski definition) is 8. The van der Waals surface area contributed by atoms with Gasteiger partial charge in [-0.1, -0.05) is 36.4 Å². The largest absolute Gasteiger partial charge is 0.329 e. The topological polar surface area (TPSA) is 125 Å². The number of sulfonamides is 1. The highest BCUT2D eigenvalue weighted by atomic mass is 32.2. The molecule has 166 valence electrons. The highest BCUT2D eigenvalue weighted by molar-refractivity contribution is 7.91. The number of thiophene rings is 1. The van der Waals surface area contributed by atoms with Gasteiger partial charge in [-0.15, -0.1) is 11.3 Å². The Labute approximate surface area is 190 Å². The lowest BCUT2D eigenvalue weighted by Crippen LogP contribution is -2.51. The zero-order valence-electron chi connectivity index (χ0n) is 17.2. The first-order chi connectivity index (χ1) is 15.4. The Kier molecular flexibility index (Phi) is 5.32. The minimum atomic E-state index is -3.83. The molecule has 2 unspecified atom stereocenters. The number of ether oxygens (including phenoxy) is 1. The average molecular weight is 471 g/mol. The van der Waals surface area contributed by atoms with Crippen LogP contribution in [-0.2, 0) is 14.8 Å². The van der Waals surface area contributed by atoms with E-state index >= 15 is 0 Å². The van der Waals surface area contributed by atoms with Crippen molar-refractivity contribution >= 4 is 27.2 Å². The molecule has 4 N–H and O–H groups in total. The van der Waals surface area contributed by atoms with E-state index in [1.165, 1.54) is 11.3 Å². The van der Waals surface area contributed by atoms with Crippen LogP contribution in [0.1, 0.15) is 5.56 Å². The molecule has 2 fully saturated rings. The molecule has 2 aromatic heterocycles. The molecule has 1 aromatic carbocycles. The zero-order chi connectivity index (χ0) is 22.3. The van der Waals surface area contributed by atoms with E-state index in [2.05, 4.69) is 20.1 Å². The van der Waals surface area contributed by atoms with Crippen LogP contribution < -0.4 is 15.9 Å². The van der Waals surface area contributed by atoms with Crippen LogP contribution in [0.25, 0.3) is 10.4 Å². The standard InChI is InChI=1S/C21H22N6O3S2/c1-23-19(14-6-3-2-4-7-14)25-27-13-17(22)21(20(27)30-21)26-32(28,29)18-10-9-16(31-18)15-8-5-11-24-12-15/h2-12,17,20,26H,13,22H2,1H3,(H,23,25)/t17?,20?,21-/m0/s1. The number of nitrogens with two attached hydrogens (primary N) is 1. The van der Waals surface area contributed by atoms with Crippen molar-refractivity contribution in [3.63, 3.8) is 0 Å². The summed E-state index contributed by atoms with van der Waals surface area (Å²) in [4.78, 5) is 9.20. The summed E-state index contributed by atoms with van der Waals surface area (Å²) in [5, 5.41) is 1.78. The van der Waals surface area contributed by atoms with Gasteiger partial charge in [-0.25, -0.2) is 8.42 Å². The Morgan fingerprint density at radius 1 is 1.25 bits per heavy atom. The maximum Gasteiger partial charge on any atom is 0.252 e. The number of rotatable bonds is 6. The van der Waals surface area contributed by atoms with E-state index in [1.54, 1.807) is 36.6 Å². The monoisotopic (exact) mass is 470 g/mol. The number of aromatic nitrogens is 1. The molecule has 3 atom stereocenters. The van der Waals surface area contributed by atoms with Crippen molar-refractivity contribution in [2.45, 2.75) is 22.2 Å². The number of benzene rings is 1. The summed E-state index contributed by atoms with van der Waals surface area (Å²) in [7, 11) is -2.15. The first-order valence-corrected chi connectivity index (χ1v) is 12.3. The van der Waals surface area contributed by atoms with Crippen LogP contribution >= 0.6 is 11.3 Å². The van der Waals surface area contributed by atoms with Gasteiger partial charge in [0.05, 0.1) is 6.04 Å². The van der Waals surface area contributed by atoms with Crippen LogP contribution in [0.15, 0.2) is 76.2 Å². The molecule has 5 rings (SSSR count). The first kappa shape index (κ1) is 21.2. The lowest BCUT2D eigenvalue weighted by molar-refractivity contribution is 0.109. The van der Waals surface area contributed by atoms with Gasteiger partial charge < -0.3 is 15.9 Å². The molecule has 2 aliphatic heterocycles. The van der Waals surface area contributed by atoms with E-state index in [4.69, 9.17) is 10.5 Å². The van der Waals surface area contributed by atoms with Crippen LogP contribution in [0, 0.1) is 0 Å². The third-order valence-electron chi connectivity index (χ3n) is 5.45. The van der Waals surface area contributed by atoms with Crippen LogP contribution in [0.5, 0.6) is 0 Å². The Morgan fingerprint density at radius 2 is 2.06 bits per heavy atom. The summed E-state index contributed by atoms with van der Waals surface area (Å²) in [5.74, 6) is 0.645. The SMILES string of the molecule is CN=C(NN1CC(N)[C@]2(NS(=O)(=O)c3ccc(-c4cccnc4)s3)OC12)c1ccccc1. The van der Waals surface area contributed by atoms with Gasteiger partial charge in [-0.3, -0.25) is 9.98 Å². The van der Waals surface area contributed by atoms with Crippen molar-refractivity contribution in [1.29, 1.82) is 0 Å². The normalized spacial score (nSPS) is 25.5. The Hall–Kier alpha value is -2.67. The molecule has 0 aliphatic carbocycles. The van der Waals surface area contributed by atoms with E-state index in [0.29, 0.717) is 12.4 Å². The molecule has 0 spiro atoms. The summed E-state index contributed by atoms with van der Waals surface area (Å²) in [6.07, 6.45) is 2.84. The van der Waals surface area contributed by atoms with Gasteiger partial charge in [0.25, 0.3) is 10.0 Å². The van der Waals surface area contributed by atoms with Crippen LogP contribution in [0.4, 0.5) is 0 Å². The summed E-state index contributed by atoms with van der Waals surface area (Å²) in [5.41, 5.74) is 10.1. The van der Waals surface area contributed by atoms with Gasteiger partial charge in [0.15, 0.2) is 12.0 Å². The minimum absolute atomic E-state index is 0.193. The average Bonchev–Trinajstić information content (AvgIpc) is 3.18. The third-order valence-corrected chi connectivity index (χ3v) is 8.54. The number of hydrazine groups is 1. The van der Waals surface area contributed by atoms with Gasteiger partial charge in [0.1, 0.15) is 10.0 Å². The smallest absolute Gasteiger partial charge is 0.252 e. The third kappa shape index (κ3) is 3.72. The van der Waals surface area contributed by atoms with E-state index < -0.39 is 28.0 Å². The first-order valence-electron chi connectivity index (χ1n) is 9.96. The number of hydrogen-bond donors (Lipinski definition) is 3. The number of amidine groups is 1. The summed E-state index contributed by atoms with van der Waals surface area (Å²) in [6.45, 7) is 0.393. The number of fused-ring (bicyclic) bond motifs is 1. The second-order valence-corrected chi connectivity index (χ2v) is 10.5. The van der Waals surface area contributed by atoms with Crippen LogP contribution in [0.3, 0.4) is 0 Å². The quantitative estimate of drug-likeness (QED) is 0.282. The van der Waals surface area contributed by atoms with Crippen LogP contribution in [-0.4, -0.2) is 55.8 Å². The van der Waals surface area contributed by atoms with Crippen LogP contribution in [0.2, 0.25) is 0 Å². The lowest BCUT2D eigenvalue weighted by Gasteiger charge is -2.21. The van der Waals surface area contributed by atoms with Gasteiger partial charge in [0, 0.05) is 42.0 Å². The minimum Gasteiger partial charge on any atom is -0.329 e. The molecular weight excluding hydrogens is 448 g/mol. The fourth-order valence-corrected chi connectivity index (χ4v) is 6.41. The van der Waals surface area contributed by atoms with Gasteiger partial charge in [-0.2, -0.15) is 9.73 Å². The molecule has 2 aliphatic rings. The molecule has 11 heteroatoms. The maximum absolute atomic E-state index is 13.1. The fraction of sp³-hybridized carbons (Fsp3) is 0.238. The van der Waals surface area contributed by atoms with E-state index in [-0.39, 0.29) is 4.21 Å². The molecule has 0 bridgehead atoms. The second kappa shape index (κ2) is 8.03. The van der Waals surface area contributed by atoms with Crippen molar-refractivity contribution < 1.29 is 13.2 Å². The van der Waals surface area contributed by atoms with Gasteiger partial charge in [-0.05, 0) is 18.2 Å². The maximum atomic E-state index is 13.1. The summed E-state index contributed by atoms with van der Waals surface area (Å²) < 4.78 is 34.9. The van der Waals surface area contributed by atoms with Gasteiger partial charge >= 0.3 is 0 Å². The predicted octanol–water partition coefficient (Wildman–Crippen LogP) is 1.37. The number of pyridine rings is 1. The number of epoxide rings is 1. The Balaban J connectivity index is 1.32. The van der Waals surface area contributed by atoms with Gasteiger partial charge in [0.2, 0.25) is 0 Å². The molecule has 4 heterocycles.